The molecular weight excluding hydrogens is 320 g/mol. The number of benzene rings is 1. The molecule has 0 spiro atoms. The van der Waals surface area contributed by atoms with Crippen molar-refractivity contribution in [1.82, 2.24) is 15.8 Å². The van der Waals surface area contributed by atoms with E-state index in [1.54, 1.807) is 0 Å². The lowest BCUT2D eigenvalue weighted by atomic mass is 10.3. The van der Waals surface area contributed by atoms with E-state index in [9.17, 15) is 9.59 Å². The fourth-order valence-electron chi connectivity index (χ4n) is 1.38. The Morgan fingerprint density at radius 2 is 2.22 bits per heavy atom. The van der Waals surface area contributed by atoms with Gasteiger partial charge in [0.05, 0.1) is 0 Å². The van der Waals surface area contributed by atoms with Crippen molar-refractivity contribution in [2.45, 2.75) is 0 Å². The topological polar surface area (TPSA) is 73.5 Å². The predicted molar refractivity (Wildman–Crippen MR) is 73.7 cm³/mol. The standard InChI is InChI=1S/C10H9BrN4O2S/c11-6-2-1-3-7(4-6)12-9(18)14-15-5-8(16)13-10(15)17/h1-4H,5H2,(H2,12,14,18)(H,13,16,17). The first-order chi connectivity index (χ1) is 8.54. The fourth-order valence-corrected chi connectivity index (χ4v) is 2.01. The van der Waals surface area contributed by atoms with Crippen LogP contribution in [0.15, 0.2) is 28.7 Å². The maximum absolute atomic E-state index is 11.3. The average molecular weight is 329 g/mol. The number of hydrogen-bond acceptors (Lipinski definition) is 3. The summed E-state index contributed by atoms with van der Waals surface area (Å²) in [5.74, 6) is -0.363. The highest BCUT2D eigenvalue weighted by molar-refractivity contribution is 9.10. The predicted octanol–water partition coefficient (Wildman–Crippen LogP) is 1.20. The molecule has 94 valence electrons. The Morgan fingerprint density at radius 3 is 2.83 bits per heavy atom. The maximum Gasteiger partial charge on any atom is 0.343 e. The van der Waals surface area contributed by atoms with E-state index in [2.05, 4.69) is 32.0 Å². The molecule has 1 aliphatic heterocycles. The zero-order valence-corrected chi connectivity index (χ0v) is 11.5. The molecule has 1 aromatic rings. The number of hydrogen-bond donors (Lipinski definition) is 3. The van der Waals surface area contributed by atoms with E-state index in [4.69, 9.17) is 12.2 Å². The van der Waals surface area contributed by atoms with Crippen LogP contribution in [0.3, 0.4) is 0 Å². The second kappa shape index (κ2) is 5.32. The minimum atomic E-state index is -0.515. The first-order valence-corrected chi connectivity index (χ1v) is 6.19. The number of nitrogens with zero attached hydrogens (tertiary/aromatic N) is 1. The molecule has 2 rings (SSSR count). The maximum atomic E-state index is 11.3. The summed E-state index contributed by atoms with van der Waals surface area (Å²) in [6.07, 6.45) is 0. The number of carbonyl (C=O) groups excluding carboxylic acids is 2. The average Bonchev–Trinajstić information content (AvgIpc) is 2.57. The third kappa shape index (κ3) is 3.17. The van der Waals surface area contributed by atoms with Crippen molar-refractivity contribution in [2.24, 2.45) is 0 Å². The van der Waals surface area contributed by atoms with Crippen LogP contribution in [0, 0.1) is 0 Å². The highest BCUT2D eigenvalue weighted by Gasteiger charge is 2.27. The Hall–Kier alpha value is -1.67. The summed E-state index contributed by atoms with van der Waals surface area (Å²) < 4.78 is 0.907. The van der Waals surface area contributed by atoms with Gasteiger partial charge in [0.15, 0.2) is 5.11 Å². The zero-order chi connectivity index (χ0) is 13.1. The molecule has 0 aromatic heterocycles. The Bertz CT molecular complexity index is 522. The van der Waals surface area contributed by atoms with Crippen LogP contribution in [0.5, 0.6) is 0 Å². The number of amides is 3. The van der Waals surface area contributed by atoms with E-state index in [1.807, 2.05) is 24.3 Å². The molecule has 18 heavy (non-hydrogen) atoms. The first kappa shape index (κ1) is 12.8. The van der Waals surface area contributed by atoms with Gasteiger partial charge in [0.25, 0.3) is 0 Å². The Morgan fingerprint density at radius 1 is 1.44 bits per heavy atom. The van der Waals surface area contributed by atoms with Gasteiger partial charge in [-0.3, -0.25) is 15.5 Å². The van der Waals surface area contributed by atoms with Gasteiger partial charge in [-0.25, -0.2) is 9.80 Å². The van der Waals surface area contributed by atoms with Crippen molar-refractivity contribution in [3.05, 3.63) is 28.7 Å². The number of carbonyl (C=O) groups is 2. The highest BCUT2D eigenvalue weighted by Crippen LogP contribution is 2.15. The number of urea groups is 1. The van der Waals surface area contributed by atoms with Crippen molar-refractivity contribution < 1.29 is 9.59 Å². The molecule has 0 unspecified atom stereocenters. The van der Waals surface area contributed by atoms with Crippen molar-refractivity contribution in [1.29, 1.82) is 0 Å². The third-order valence-electron chi connectivity index (χ3n) is 2.11. The van der Waals surface area contributed by atoms with Gasteiger partial charge in [-0.1, -0.05) is 22.0 Å². The van der Waals surface area contributed by atoms with Crippen LogP contribution >= 0.6 is 28.1 Å². The van der Waals surface area contributed by atoms with E-state index < -0.39 is 6.03 Å². The Balaban J connectivity index is 1.93. The molecule has 0 aliphatic carbocycles. The number of anilines is 1. The van der Waals surface area contributed by atoms with Crippen molar-refractivity contribution in [2.75, 3.05) is 11.9 Å². The van der Waals surface area contributed by atoms with Crippen LogP contribution in [0.4, 0.5) is 10.5 Å². The summed E-state index contributed by atoms with van der Waals surface area (Å²) in [6.45, 7) is -0.0564. The lowest BCUT2D eigenvalue weighted by Crippen LogP contribution is -2.45. The second-order valence-electron chi connectivity index (χ2n) is 3.52. The van der Waals surface area contributed by atoms with Gasteiger partial charge in [0, 0.05) is 10.2 Å². The van der Waals surface area contributed by atoms with Gasteiger partial charge in [-0.05, 0) is 30.4 Å². The lowest BCUT2D eigenvalue weighted by Gasteiger charge is -2.17. The van der Waals surface area contributed by atoms with E-state index in [1.165, 1.54) is 0 Å². The van der Waals surface area contributed by atoms with Crippen molar-refractivity contribution >= 4 is 50.9 Å². The molecular formula is C10H9BrN4O2S. The second-order valence-corrected chi connectivity index (χ2v) is 4.84. The number of rotatable bonds is 2. The van der Waals surface area contributed by atoms with Gasteiger partial charge < -0.3 is 5.32 Å². The van der Waals surface area contributed by atoms with Crippen molar-refractivity contribution in [3.8, 4) is 0 Å². The van der Waals surface area contributed by atoms with Crippen LogP contribution in [0.2, 0.25) is 0 Å². The number of hydrazine groups is 1. The molecule has 8 heteroatoms. The van der Waals surface area contributed by atoms with Crippen molar-refractivity contribution in [3.63, 3.8) is 0 Å². The molecule has 3 amide bonds. The van der Waals surface area contributed by atoms with Gasteiger partial charge in [0.2, 0.25) is 5.91 Å². The van der Waals surface area contributed by atoms with Gasteiger partial charge in [-0.15, -0.1) is 0 Å². The minimum absolute atomic E-state index is 0.0564. The minimum Gasteiger partial charge on any atom is -0.331 e. The summed E-state index contributed by atoms with van der Waals surface area (Å²) in [6, 6.07) is 6.88. The number of thiocarbonyl (C=S) groups is 1. The van der Waals surface area contributed by atoms with E-state index in [0.717, 1.165) is 15.2 Å². The molecule has 1 aromatic carbocycles. The SMILES string of the molecule is O=C1CN(NC(=S)Nc2cccc(Br)c2)C(=O)N1. The fraction of sp³-hybridized carbons (Fsp3) is 0.100. The first-order valence-electron chi connectivity index (χ1n) is 4.99. The van der Waals surface area contributed by atoms with Crippen LogP contribution in [0.1, 0.15) is 0 Å². The van der Waals surface area contributed by atoms with Crippen LogP contribution in [-0.4, -0.2) is 28.6 Å². The molecule has 0 atom stereocenters. The quantitative estimate of drug-likeness (QED) is 0.562. The molecule has 1 aliphatic rings. The molecule has 1 fully saturated rings. The van der Waals surface area contributed by atoms with Gasteiger partial charge >= 0.3 is 6.03 Å². The molecule has 3 N–H and O–H groups in total. The summed E-state index contributed by atoms with van der Waals surface area (Å²) >= 11 is 8.37. The van der Waals surface area contributed by atoms with Crippen LogP contribution in [-0.2, 0) is 4.79 Å². The summed E-state index contributed by atoms with van der Waals surface area (Å²) in [5.41, 5.74) is 3.40. The van der Waals surface area contributed by atoms with Crippen LogP contribution < -0.4 is 16.1 Å². The third-order valence-corrected chi connectivity index (χ3v) is 2.80. The molecule has 0 radical (unpaired) electrons. The Labute approximate surface area is 117 Å². The largest absolute Gasteiger partial charge is 0.343 e. The molecule has 6 nitrogen and oxygen atoms in total. The number of halogens is 1. The summed E-state index contributed by atoms with van der Waals surface area (Å²) in [5, 5.41) is 6.38. The molecule has 0 bridgehead atoms. The monoisotopic (exact) mass is 328 g/mol. The molecule has 0 saturated carbocycles. The smallest absolute Gasteiger partial charge is 0.331 e. The molecule has 1 saturated heterocycles. The highest BCUT2D eigenvalue weighted by atomic mass is 79.9. The normalized spacial score (nSPS) is 14.4. The number of nitrogens with one attached hydrogen (secondary N) is 3. The summed E-state index contributed by atoms with van der Waals surface area (Å²) in [4.78, 5) is 22.2. The van der Waals surface area contributed by atoms with Gasteiger partial charge in [0.1, 0.15) is 6.54 Å². The Kier molecular flexibility index (Phi) is 3.78. The van der Waals surface area contributed by atoms with E-state index in [-0.39, 0.29) is 17.6 Å². The molecule has 1 heterocycles. The van der Waals surface area contributed by atoms with E-state index in [0.29, 0.717) is 0 Å². The summed E-state index contributed by atoms with van der Waals surface area (Å²) in [7, 11) is 0. The number of imide groups is 1. The van der Waals surface area contributed by atoms with Crippen LogP contribution in [0.25, 0.3) is 0 Å². The lowest BCUT2D eigenvalue weighted by molar-refractivity contribution is -0.118. The van der Waals surface area contributed by atoms with Gasteiger partial charge in [-0.2, -0.15) is 0 Å². The zero-order valence-electron chi connectivity index (χ0n) is 9.07. The van der Waals surface area contributed by atoms with E-state index >= 15 is 0 Å².